The topological polar surface area (TPSA) is 32.7 Å². The minimum absolute atomic E-state index is 0.0810. The van der Waals surface area contributed by atoms with Gasteiger partial charge in [0.2, 0.25) is 0 Å². The highest BCUT2D eigenvalue weighted by Crippen LogP contribution is 2.71. The molecule has 8 heteroatoms. The quantitative estimate of drug-likeness (QED) is 0.241. The predicted octanol–water partition coefficient (Wildman–Crippen LogP) is 8.95. The van der Waals surface area contributed by atoms with E-state index in [1.54, 1.807) is 18.7 Å². The molecule has 4 aromatic rings. The maximum absolute atomic E-state index is 12.7. The van der Waals surface area contributed by atoms with Crippen molar-refractivity contribution in [3.05, 3.63) is 134 Å². The van der Waals surface area contributed by atoms with Crippen LogP contribution in [-0.2, 0) is 13.7 Å². The summed E-state index contributed by atoms with van der Waals surface area (Å²) in [7, 11) is 0. The summed E-state index contributed by atoms with van der Waals surface area (Å²) in [6.45, 7) is 1.55. The van der Waals surface area contributed by atoms with Gasteiger partial charge in [0, 0.05) is 27.6 Å². The predicted molar refractivity (Wildman–Crippen MR) is 158 cm³/mol. The van der Waals surface area contributed by atoms with Crippen LogP contribution in [0.4, 0.5) is 5.69 Å². The number of halogens is 3. The van der Waals surface area contributed by atoms with Crippen molar-refractivity contribution in [3.8, 4) is 0 Å². The number of anilines is 1. The molecule has 6 rings (SSSR count). The first-order valence-corrected chi connectivity index (χ1v) is 14.3. The molecule has 1 spiro atoms. The summed E-state index contributed by atoms with van der Waals surface area (Å²) in [5, 5.41) is 9.18. The first kappa shape index (κ1) is 24.9. The first-order valence-electron chi connectivity index (χ1n) is 11.5. The first-order chi connectivity index (χ1) is 17.8. The van der Waals surface area contributed by atoms with E-state index in [2.05, 4.69) is 42.5 Å². The molecule has 4 aromatic carbocycles. The van der Waals surface area contributed by atoms with E-state index < -0.39 is 8.95 Å². The molecule has 2 aliphatic heterocycles. The maximum atomic E-state index is 12.7. The van der Waals surface area contributed by atoms with E-state index in [-0.39, 0.29) is 5.78 Å². The molecule has 3 nitrogen and oxygen atoms in total. The number of fused-ring (bicyclic) bond motifs is 2. The molecule has 1 atom stereocenters. The van der Waals surface area contributed by atoms with Crippen LogP contribution in [0.1, 0.15) is 29.2 Å². The van der Waals surface area contributed by atoms with Crippen LogP contribution >= 0.6 is 58.3 Å². The summed E-state index contributed by atoms with van der Waals surface area (Å²) in [5.74, 6) is -0.0810. The van der Waals surface area contributed by atoms with Gasteiger partial charge in [0.25, 0.3) is 0 Å². The molecule has 0 unspecified atom stereocenters. The van der Waals surface area contributed by atoms with Gasteiger partial charge in [-0.1, -0.05) is 113 Å². The number of carbonyl (C=O) groups is 1. The van der Waals surface area contributed by atoms with Gasteiger partial charge in [-0.05, 0) is 59.2 Å². The Bertz CT molecular complexity index is 1510. The largest absolute Gasteiger partial charge is 0.292 e. The average molecular weight is 582 g/mol. The summed E-state index contributed by atoms with van der Waals surface area (Å²) in [6.07, 6.45) is 0. The fourth-order valence-electron chi connectivity index (χ4n) is 4.91. The number of hydrazone groups is 1. The van der Waals surface area contributed by atoms with E-state index in [0.717, 1.165) is 27.9 Å². The Balaban J connectivity index is 1.65. The van der Waals surface area contributed by atoms with Crippen molar-refractivity contribution < 1.29 is 4.79 Å². The van der Waals surface area contributed by atoms with E-state index in [9.17, 15) is 4.79 Å². The Morgan fingerprint density at radius 1 is 0.757 bits per heavy atom. The third-order valence-electron chi connectivity index (χ3n) is 6.50. The SMILES string of the molecule is CC(=O)C1=NN(c2cccc(Cl)c2)[C@@]2(S1)SC(c1ccc(Cl)cc1)(c1ccc(Cl)cc1)c1ccccc12. The molecule has 37 heavy (non-hydrogen) atoms. The fourth-order valence-corrected chi connectivity index (χ4v) is 8.91. The highest BCUT2D eigenvalue weighted by molar-refractivity contribution is 8.27. The fraction of sp³-hybridized carbons (Fsp3) is 0.103. The zero-order valence-corrected chi connectivity index (χ0v) is 23.4. The normalized spacial score (nSPS) is 19.7. The lowest BCUT2D eigenvalue weighted by atomic mass is 9.82. The highest BCUT2D eigenvalue weighted by atomic mass is 35.5. The van der Waals surface area contributed by atoms with Crippen LogP contribution < -0.4 is 5.01 Å². The minimum Gasteiger partial charge on any atom is -0.292 e. The van der Waals surface area contributed by atoms with E-state index in [0.29, 0.717) is 20.1 Å². The van der Waals surface area contributed by atoms with Crippen LogP contribution in [0.2, 0.25) is 15.1 Å². The zero-order valence-electron chi connectivity index (χ0n) is 19.5. The number of thioether (sulfide) groups is 2. The second-order valence-corrected chi connectivity index (χ2v) is 12.9. The monoisotopic (exact) mass is 580 g/mol. The molecule has 0 saturated heterocycles. The summed E-state index contributed by atoms with van der Waals surface area (Å²) in [5.41, 5.74) is 5.12. The lowest BCUT2D eigenvalue weighted by Gasteiger charge is -2.37. The van der Waals surface area contributed by atoms with Crippen molar-refractivity contribution in [1.82, 2.24) is 0 Å². The summed E-state index contributed by atoms with van der Waals surface area (Å²) in [4.78, 5) is 12.7. The third-order valence-corrected chi connectivity index (χ3v) is 10.6. The maximum Gasteiger partial charge on any atom is 0.187 e. The zero-order chi connectivity index (χ0) is 25.8. The van der Waals surface area contributed by atoms with Crippen LogP contribution in [0.25, 0.3) is 0 Å². The van der Waals surface area contributed by atoms with Crippen molar-refractivity contribution in [1.29, 1.82) is 0 Å². The summed E-state index contributed by atoms with van der Waals surface area (Å²) < 4.78 is -1.39. The molecule has 0 bridgehead atoms. The average Bonchev–Trinajstić information content (AvgIpc) is 3.43. The molecule has 0 amide bonds. The van der Waals surface area contributed by atoms with Gasteiger partial charge >= 0.3 is 0 Å². The molecular weight excluding hydrogens is 563 g/mol. The number of carbonyl (C=O) groups excluding carboxylic acids is 1. The molecule has 0 fully saturated rings. The van der Waals surface area contributed by atoms with Crippen molar-refractivity contribution >= 4 is 74.8 Å². The van der Waals surface area contributed by atoms with Gasteiger partial charge in [-0.3, -0.25) is 4.79 Å². The number of hydrogen-bond acceptors (Lipinski definition) is 5. The smallest absolute Gasteiger partial charge is 0.187 e. The van der Waals surface area contributed by atoms with Crippen LogP contribution in [0.5, 0.6) is 0 Å². The standard InChI is InChI=1S/C29H19Cl3N2OS2/c1-18(35)27-33-34(24-6-4-5-23(32)17-24)29(36-27)26-8-3-2-7-25(26)28(37-29,19-9-13-21(30)14-10-19)20-11-15-22(31)16-12-20/h2-17H,1H3/t29-/m0/s1. The Kier molecular flexibility index (Phi) is 6.33. The van der Waals surface area contributed by atoms with E-state index in [4.69, 9.17) is 39.9 Å². The lowest BCUT2D eigenvalue weighted by Crippen LogP contribution is -2.34. The number of nitrogens with zero attached hydrogens (tertiary/aromatic N) is 2. The van der Waals surface area contributed by atoms with Crippen LogP contribution in [0.15, 0.2) is 102 Å². The third kappa shape index (κ3) is 4.00. The highest BCUT2D eigenvalue weighted by Gasteiger charge is 2.61. The molecule has 0 radical (unpaired) electrons. The molecule has 0 aromatic heterocycles. The van der Waals surface area contributed by atoms with Gasteiger partial charge in [0.1, 0.15) is 0 Å². The van der Waals surface area contributed by atoms with Gasteiger partial charge in [-0.2, -0.15) is 5.10 Å². The number of rotatable bonds is 4. The number of Topliss-reactive ketones (excluding diaryl/α,β-unsaturated/α-hetero) is 1. The van der Waals surface area contributed by atoms with Crippen LogP contribution in [0.3, 0.4) is 0 Å². The van der Waals surface area contributed by atoms with E-state index >= 15 is 0 Å². The molecule has 0 saturated carbocycles. The Labute approximate surface area is 238 Å². The molecule has 0 aliphatic carbocycles. The van der Waals surface area contributed by atoms with Crippen molar-refractivity contribution in [2.24, 2.45) is 5.10 Å². The minimum atomic E-state index is -0.762. The van der Waals surface area contributed by atoms with Crippen molar-refractivity contribution in [2.45, 2.75) is 15.9 Å². The number of ketones is 1. The molecule has 2 heterocycles. The van der Waals surface area contributed by atoms with Gasteiger partial charge in [0.15, 0.2) is 15.0 Å². The van der Waals surface area contributed by atoms with Gasteiger partial charge in [0.05, 0.1) is 10.4 Å². The Morgan fingerprint density at radius 2 is 1.35 bits per heavy atom. The molecule has 184 valence electrons. The summed E-state index contributed by atoms with van der Waals surface area (Å²) in [6, 6.07) is 31.9. The second kappa shape index (κ2) is 9.40. The van der Waals surface area contributed by atoms with Gasteiger partial charge in [-0.15, -0.1) is 0 Å². The number of hydrogen-bond donors (Lipinski definition) is 0. The Morgan fingerprint density at radius 3 is 1.92 bits per heavy atom. The lowest BCUT2D eigenvalue weighted by molar-refractivity contribution is -0.110. The second-order valence-electron chi connectivity index (χ2n) is 8.78. The Hall–Kier alpha value is -2.41. The van der Waals surface area contributed by atoms with Crippen LogP contribution in [-0.4, -0.2) is 10.8 Å². The van der Waals surface area contributed by atoms with E-state index in [1.807, 2.05) is 59.6 Å². The number of benzene rings is 4. The van der Waals surface area contributed by atoms with Gasteiger partial charge in [-0.25, -0.2) is 5.01 Å². The molecular formula is C29H19Cl3N2OS2. The van der Waals surface area contributed by atoms with Crippen molar-refractivity contribution in [3.63, 3.8) is 0 Å². The molecule has 2 aliphatic rings. The van der Waals surface area contributed by atoms with Crippen molar-refractivity contribution in [2.75, 3.05) is 5.01 Å². The van der Waals surface area contributed by atoms with Gasteiger partial charge < -0.3 is 0 Å². The van der Waals surface area contributed by atoms with Crippen LogP contribution in [0, 0.1) is 0 Å². The summed E-state index contributed by atoms with van der Waals surface area (Å²) >= 11 is 22.3. The van der Waals surface area contributed by atoms with E-state index in [1.165, 1.54) is 11.8 Å². The molecule has 0 N–H and O–H groups in total.